The van der Waals surface area contributed by atoms with E-state index in [-0.39, 0.29) is 6.04 Å². The maximum Gasteiger partial charge on any atom is 0.0725 e. The molecular formula is C14H11BrCl2N2. The van der Waals surface area contributed by atoms with E-state index >= 15 is 0 Å². The fraction of sp³-hybridized carbons (Fsp3) is 0.214. The van der Waals surface area contributed by atoms with Gasteiger partial charge in [0.1, 0.15) is 0 Å². The van der Waals surface area contributed by atoms with Gasteiger partial charge in [-0.25, -0.2) is 0 Å². The van der Waals surface area contributed by atoms with E-state index in [1.165, 1.54) is 5.56 Å². The molecule has 98 valence electrons. The number of aryl methyl sites for hydroxylation is 1. The SMILES string of the molecule is Clc1cc(Br)cc(Cl)c1NC1CCc2cccnc21. The highest BCUT2D eigenvalue weighted by molar-refractivity contribution is 9.10. The highest BCUT2D eigenvalue weighted by atomic mass is 79.9. The number of pyridine rings is 1. The summed E-state index contributed by atoms with van der Waals surface area (Å²) >= 11 is 15.9. The molecule has 1 atom stereocenters. The third kappa shape index (κ3) is 2.60. The maximum absolute atomic E-state index is 6.24. The molecule has 0 aliphatic heterocycles. The van der Waals surface area contributed by atoms with Crippen molar-refractivity contribution in [2.24, 2.45) is 0 Å². The molecule has 1 aliphatic rings. The molecule has 1 aliphatic carbocycles. The van der Waals surface area contributed by atoms with Crippen molar-refractivity contribution in [2.45, 2.75) is 18.9 Å². The molecule has 0 spiro atoms. The monoisotopic (exact) mass is 356 g/mol. The van der Waals surface area contributed by atoms with Crippen molar-refractivity contribution in [3.8, 4) is 0 Å². The molecule has 2 nitrogen and oxygen atoms in total. The Labute approximate surface area is 130 Å². The lowest BCUT2D eigenvalue weighted by Gasteiger charge is -2.17. The van der Waals surface area contributed by atoms with E-state index in [0.717, 1.165) is 28.7 Å². The summed E-state index contributed by atoms with van der Waals surface area (Å²) in [5, 5.41) is 4.64. The molecule has 1 heterocycles. The first-order valence-corrected chi connectivity index (χ1v) is 7.55. The minimum atomic E-state index is 0.173. The predicted molar refractivity (Wildman–Crippen MR) is 83.1 cm³/mol. The van der Waals surface area contributed by atoms with Crippen molar-refractivity contribution in [1.29, 1.82) is 0 Å². The fourth-order valence-corrected chi connectivity index (χ4v) is 3.72. The summed E-state index contributed by atoms with van der Waals surface area (Å²) < 4.78 is 0.873. The maximum atomic E-state index is 6.24. The van der Waals surface area contributed by atoms with Crippen LogP contribution in [0.25, 0.3) is 0 Å². The highest BCUT2D eigenvalue weighted by Crippen LogP contribution is 2.39. The van der Waals surface area contributed by atoms with Gasteiger partial charge < -0.3 is 5.32 Å². The van der Waals surface area contributed by atoms with Crippen molar-refractivity contribution in [3.05, 3.63) is 56.2 Å². The van der Waals surface area contributed by atoms with Crippen LogP contribution in [0.1, 0.15) is 23.7 Å². The summed E-state index contributed by atoms with van der Waals surface area (Å²) in [7, 11) is 0. The van der Waals surface area contributed by atoms with E-state index in [2.05, 4.69) is 32.3 Å². The second kappa shape index (κ2) is 5.31. The third-order valence-electron chi connectivity index (χ3n) is 3.28. The molecule has 5 heteroatoms. The summed E-state index contributed by atoms with van der Waals surface area (Å²) in [6, 6.07) is 7.94. The van der Waals surface area contributed by atoms with Crippen LogP contribution in [0.4, 0.5) is 5.69 Å². The molecule has 2 aromatic rings. The van der Waals surface area contributed by atoms with Crippen LogP contribution in [0.3, 0.4) is 0 Å². The molecule has 1 aromatic heterocycles. The van der Waals surface area contributed by atoms with Gasteiger partial charge in [-0.2, -0.15) is 0 Å². The lowest BCUT2D eigenvalue weighted by Crippen LogP contribution is -2.09. The average molecular weight is 358 g/mol. The number of rotatable bonds is 2. The van der Waals surface area contributed by atoms with Crippen LogP contribution in [0.15, 0.2) is 34.9 Å². The molecule has 0 fully saturated rings. The van der Waals surface area contributed by atoms with Crippen LogP contribution in [0.5, 0.6) is 0 Å². The number of hydrogen-bond donors (Lipinski definition) is 1. The van der Waals surface area contributed by atoms with Crippen LogP contribution in [-0.4, -0.2) is 4.98 Å². The number of anilines is 1. The number of benzene rings is 1. The van der Waals surface area contributed by atoms with Crippen LogP contribution < -0.4 is 5.32 Å². The van der Waals surface area contributed by atoms with Gasteiger partial charge in [0.05, 0.1) is 27.5 Å². The molecular weight excluding hydrogens is 347 g/mol. The zero-order chi connectivity index (χ0) is 13.4. The van der Waals surface area contributed by atoms with Crippen LogP contribution in [-0.2, 0) is 6.42 Å². The van der Waals surface area contributed by atoms with Crippen LogP contribution in [0.2, 0.25) is 10.0 Å². The molecule has 3 rings (SSSR count). The molecule has 0 amide bonds. The van der Waals surface area contributed by atoms with Gasteiger partial charge in [-0.15, -0.1) is 0 Å². The lowest BCUT2D eigenvalue weighted by atomic mass is 10.2. The number of nitrogens with one attached hydrogen (secondary N) is 1. The molecule has 1 unspecified atom stereocenters. The Balaban J connectivity index is 1.92. The second-order valence-corrected chi connectivity index (χ2v) is 6.26. The minimum absolute atomic E-state index is 0.173. The first-order chi connectivity index (χ1) is 9.15. The van der Waals surface area contributed by atoms with Gasteiger partial charge in [-0.3, -0.25) is 4.98 Å². The largest absolute Gasteiger partial charge is 0.374 e. The number of halogens is 3. The zero-order valence-electron chi connectivity index (χ0n) is 9.96. The predicted octanol–water partition coefficient (Wildman–Crippen LogP) is 5.25. The molecule has 0 saturated heterocycles. The average Bonchev–Trinajstić information content (AvgIpc) is 2.77. The van der Waals surface area contributed by atoms with Crippen molar-refractivity contribution < 1.29 is 0 Å². The Morgan fingerprint density at radius 1 is 1.26 bits per heavy atom. The fourth-order valence-electron chi connectivity index (χ4n) is 2.41. The van der Waals surface area contributed by atoms with Crippen molar-refractivity contribution >= 4 is 44.8 Å². The quantitative estimate of drug-likeness (QED) is 0.793. The Bertz CT molecular complexity index is 608. The molecule has 19 heavy (non-hydrogen) atoms. The summed E-state index contributed by atoms with van der Waals surface area (Å²) in [5.74, 6) is 0. The van der Waals surface area contributed by atoms with E-state index in [4.69, 9.17) is 23.2 Å². The van der Waals surface area contributed by atoms with E-state index in [0.29, 0.717) is 10.0 Å². The normalized spacial score (nSPS) is 17.3. The minimum Gasteiger partial charge on any atom is -0.374 e. The van der Waals surface area contributed by atoms with Crippen LogP contribution >= 0.6 is 39.1 Å². The smallest absolute Gasteiger partial charge is 0.0725 e. The second-order valence-electron chi connectivity index (χ2n) is 4.53. The Morgan fingerprint density at radius 2 is 2.00 bits per heavy atom. The van der Waals surface area contributed by atoms with Gasteiger partial charge in [0, 0.05) is 10.7 Å². The number of nitrogens with zero attached hydrogens (tertiary/aromatic N) is 1. The molecule has 0 bridgehead atoms. The van der Waals surface area contributed by atoms with Gasteiger partial charge >= 0.3 is 0 Å². The lowest BCUT2D eigenvalue weighted by molar-refractivity contribution is 0.746. The van der Waals surface area contributed by atoms with Crippen molar-refractivity contribution in [1.82, 2.24) is 4.98 Å². The first-order valence-electron chi connectivity index (χ1n) is 6.00. The van der Waals surface area contributed by atoms with Gasteiger partial charge in [-0.05, 0) is 36.6 Å². The van der Waals surface area contributed by atoms with E-state index in [9.17, 15) is 0 Å². The standard InChI is InChI=1S/C14H11BrCl2N2/c15-9-6-10(16)14(11(17)7-9)19-12-4-3-8-2-1-5-18-13(8)12/h1-2,5-7,12,19H,3-4H2. The van der Waals surface area contributed by atoms with Gasteiger partial charge in [-0.1, -0.05) is 45.2 Å². The zero-order valence-corrected chi connectivity index (χ0v) is 13.1. The van der Waals surface area contributed by atoms with Crippen molar-refractivity contribution in [3.63, 3.8) is 0 Å². The van der Waals surface area contributed by atoms with Crippen molar-refractivity contribution in [2.75, 3.05) is 5.32 Å². The van der Waals surface area contributed by atoms with E-state index in [1.807, 2.05) is 24.4 Å². The number of aromatic nitrogens is 1. The Hall–Kier alpha value is -0.770. The Kier molecular flexibility index (Phi) is 3.70. The van der Waals surface area contributed by atoms with Gasteiger partial charge in [0.15, 0.2) is 0 Å². The molecule has 0 saturated carbocycles. The van der Waals surface area contributed by atoms with Crippen LogP contribution in [0, 0.1) is 0 Å². The molecule has 0 radical (unpaired) electrons. The van der Waals surface area contributed by atoms with Gasteiger partial charge in [0.25, 0.3) is 0 Å². The Morgan fingerprint density at radius 3 is 2.74 bits per heavy atom. The molecule has 1 N–H and O–H groups in total. The number of fused-ring (bicyclic) bond motifs is 1. The first kappa shape index (κ1) is 13.2. The summed E-state index contributed by atoms with van der Waals surface area (Å²) in [5.41, 5.74) is 3.16. The summed E-state index contributed by atoms with van der Waals surface area (Å²) in [6.45, 7) is 0. The van der Waals surface area contributed by atoms with E-state index < -0.39 is 0 Å². The summed E-state index contributed by atoms with van der Waals surface area (Å²) in [4.78, 5) is 4.46. The van der Waals surface area contributed by atoms with Gasteiger partial charge in [0.2, 0.25) is 0 Å². The highest BCUT2D eigenvalue weighted by Gasteiger charge is 2.24. The van der Waals surface area contributed by atoms with E-state index in [1.54, 1.807) is 0 Å². The topological polar surface area (TPSA) is 24.9 Å². The number of hydrogen-bond acceptors (Lipinski definition) is 2. The summed E-state index contributed by atoms with van der Waals surface area (Å²) in [6.07, 6.45) is 3.87. The molecule has 1 aromatic carbocycles. The third-order valence-corrected chi connectivity index (χ3v) is 4.34.